The Morgan fingerprint density at radius 2 is 1.56 bits per heavy atom. The van der Waals surface area contributed by atoms with Crippen molar-refractivity contribution in [3.8, 4) is 0 Å². The molecule has 0 aromatic heterocycles. The number of carbonyl (C=O) groups excluding carboxylic acids is 4. The van der Waals surface area contributed by atoms with Gasteiger partial charge in [-0.15, -0.1) is 0 Å². The largest absolute Gasteiger partial charge is 0.468 e. The van der Waals surface area contributed by atoms with E-state index in [1.807, 2.05) is 60.7 Å². The molecule has 0 radical (unpaired) electrons. The van der Waals surface area contributed by atoms with Gasteiger partial charge in [0.15, 0.2) is 5.41 Å². The second-order valence-electron chi connectivity index (χ2n) is 10.4. The van der Waals surface area contributed by atoms with Gasteiger partial charge in [-0.25, -0.2) is 9.69 Å². The van der Waals surface area contributed by atoms with E-state index in [1.165, 1.54) is 12.0 Å². The Kier molecular flexibility index (Phi) is 6.89. The summed E-state index contributed by atoms with van der Waals surface area (Å²) in [5.41, 5.74) is -0.629. The molecule has 8 nitrogen and oxygen atoms in total. The summed E-state index contributed by atoms with van der Waals surface area (Å²) in [5, 5.41) is 0. The van der Waals surface area contributed by atoms with Gasteiger partial charge in [0.1, 0.15) is 11.6 Å². The predicted molar refractivity (Wildman–Crippen MR) is 132 cm³/mol. The summed E-state index contributed by atoms with van der Waals surface area (Å²) in [6, 6.07) is 17.1. The Morgan fingerprint density at radius 3 is 2.11 bits per heavy atom. The first kappa shape index (κ1) is 25.4. The highest BCUT2D eigenvalue weighted by Crippen LogP contribution is 2.44. The van der Waals surface area contributed by atoms with Crippen molar-refractivity contribution >= 4 is 23.9 Å². The van der Waals surface area contributed by atoms with Crippen LogP contribution in [0.4, 0.5) is 4.79 Å². The third-order valence-corrected chi connectivity index (χ3v) is 6.71. The smallest absolute Gasteiger partial charge is 0.417 e. The molecule has 2 saturated heterocycles. The Balaban J connectivity index is 1.74. The third kappa shape index (κ3) is 4.85. The van der Waals surface area contributed by atoms with Crippen molar-refractivity contribution < 1.29 is 28.7 Å². The highest BCUT2D eigenvalue weighted by molar-refractivity contribution is 6.08. The van der Waals surface area contributed by atoms with Crippen LogP contribution in [0.1, 0.15) is 38.3 Å². The maximum Gasteiger partial charge on any atom is 0.417 e. The van der Waals surface area contributed by atoms with Gasteiger partial charge < -0.3 is 14.4 Å². The number of fused-ring (bicyclic) bond motifs is 1. The van der Waals surface area contributed by atoms with Gasteiger partial charge in [0.2, 0.25) is 5.91 Å². The monoisotopic (exact) mass is 492 g/mol. The molecule has 0 N–H and O–H groups in total. The van der Waals surface area contributed by atoms with E-state index in [-0.39, 0.29) is 25.8 Å². The quantitative estimate of drug-likeness (QED) is 0.469. The number of esters is 1. The van der Waals surface area contributed by atoms with Crippen molar-refractivity contribution in [2.75, 3.05) is 13.7 Å². The molecule has 0 aliphatic carbocycles. The average molecular weight is 493 g/mol. The molecule has 0 unspecified atom stereocenters. The number of ether oxygens (including phenoxy) is 2. The molecule has 2 aromatic carbocycles. The van der Waals surface area contributed by atoms with E-state index >= 15 is 0 Å². The molecule has 2 aliphatic heterocycles. The lowest BCUT2D eigenvalue weighted by Gasteiger charge is -2.42. The second kappa shape index (κ2) is 9.76. The van der Waals surface area contributed by atoms with Crippen LogP contribution in [0.15, 0.2) is 60.7 Å². The number of methoxy groups -OCH3 is 1. The fourth-order valence-corrected chi connectivity index (χ4v) is 5.18. The van der Waals surface area contributed by atoms with Crippen LogP contribution in [0, 0.1) is 5.41 Å². The summed E-state index contributed by atoms with van der Waals surface area (Å²) in [6.45, 7) is 5.15. The van der Waals surface area contributed by atoms with Gasteiger partial charge in [-0.1, -0.05) is 60.7 Å². The summed E-state index contributed by atoms with van der Waals surface area (Å²) >= 11 is 0. The van der Waals surface area contributed by atoms with E-state index < -0.39 is 47.0 Å². The minimum atomic E-state index is -1.49. The van der Waals surface area contributed by atoms with Gasteiger partial charge in [-0.05, 0) is 44.7 Å². The van der Waals surface area contributed by atoms with Gasteiger partial charge in [-0.2, -0.15) is 0 Å². The van der Waals surface area contributed by atoms with Crippen LogP contribution in [0.25, 0.3) is 0 Å². The number of hydrogen-bond donors (Lipinski definition) is 0. The molecule has 4 rings (SSSR count). The number of nitrogens with zero attached hydrogens (tertiary/aromatic N) is 2. The van der Waals surface area contributed by atoms with Crippen molar-refractivity contribution in [1.29, 1.82) is 0 Å². The normalized spacial score (nSPS) is 23.9. The number of rotatable bonds is 5. The number of benzene rings is 2. The van der Waals surface area contributed by atoms with E-state index in [0.29, 0.717) is 0 Å². The minimum Gasteiger partial charge on any atom is -0.468 e. The predicted octanol–water partition coefficient (Wildman–Crippen LogP) is 3.38. The summed E-state index contributed by atoms with van der Waals surface area (Å²) in [6.07, 6.45) is -0.267. The number of hydrogen-bond acceptors (Lipinski definition) is 6. The molecule has 2 heterocycles. The van der Waals surface area contributed by atoms with Crippen LogP contribution in [0.5, 0.6) is 0 Å². The van der Waals surface area contributed by atoms with Gasteiger partial charge in [0.05, 0.1) is 19.7 Å². The number of amides is 3. The summed E-state index contributed by atoms with van der Waals surface area (Å²) in [7, 11) is 1.26. The lowest BCUT2D eigenvalue weighted by atomic mass is 9.78. The van der Waals surface area contributed by atoms with Crippen LogP contribution in [0.3, 0.4) is 0 Å². The van der Waals surface area contributed by atoms with Crippen LogP contribution >= 0.6 is 0 Å². The first-order valence-corrected chi connectivity index (χ1v) is 12.1. The molecule has 8 heteroatoms. The lowest BCUT2D eigenvalue weighted by Crippen LogP contribution is -2.63. The molecule has 190 valence electrons. The summed E-state index contributed by atoms with van der Waals surface area (Å²) in [5.74, 6) is -1.60. The maximum absolute atomic E-state index is 14.1. The van der Waals surface area contributed by atoms with Crippen molar-refractivity contribution in [1.82, 2.24) is 9.80 Å². The Morgan fingerprint density at radius 1 is 0.972 bits per heavy atom. The van der Waals surface area contributed by atoms with Crippen molar-refractivity contribution in [3.63, 3.8) is 0 Å². The SMILES string of the molecule is COC(=O)[C@@]1(Cc2ccccc2)C[C@@H]2CN(C(=O)OC(C)(C)C)C(=O)[C@H](Cc3ccccc3)N2C1=O. The van der Waals surface area contributed by atoms with Gasteiger partial charge >= 0.3 is 12.1 Å². The Bertz CT molecular complexity index is 1140. The van der Waals surface area contributed by atoms with Crippen LogP contribution < -0.4 is 0 Å². The highest BCUT2D eigenvalue weighted by Gasteiger charge is 2.62. The third-order valence-electron chi connectivity index (χ3n) is 6.71. The van der Waals surface area contributed by atoms with Crippen LogP contribution in [0.2, 0.25) is 0 Å². The molecular formula is C28H32N2O6. The topological polar surface area (TPSA) is 93.2 Å². The standard InChI is InChI=1S/C28H32N2O6/c1-27(2,3)36-26(34)29-18-21-17-28(25(33)35-4,16-20-13-9-6-10-14-20)24(32)30(21)22(23(29)31)15-19-11-7-5-8-12-19/h5-14,21-22H,15-18H2,1-4H3/t21-,22+,28+/m1/s1. The van der Waals surface area contributed by atoms with Crippen LogP contribution in [-0.2, 0) is 36.7 Å². The van der Waals surface area contributed by atoms with Crippen LogP contribution in [-0.4, -0.2) is 65.0 Å². The van der Waals surface area contributed by atoms with E-state index in [1.54, 1.807) is 20.8 Å². The number of carbonyl (C=O) groups is 4. The summed E-state index contributed by atoms with van der Waals surface area (Å²) < 4.78 is 10.6. The fraction of sp³-hybridized carbons (Fsp3) is 0.429. The molecule has 0 bridgehead atoms. The van der Waals surface area contributed by atoms with E-state index in [2.05, 4.69) is 0 Å². The van der Waals surface area contributed by atoms with Crippen molar-refractivity contribution in [2.24, 2.45) is 5.41 Å². The molecule has 3 atom stereocenters. The molecule has 0 saturated carbocycles. The van der Waals surface area contributed by atoms with Gasteiger partial charge in [0.25, 0.3) is 5.91 Å². The second-order valence-corrected chi connectivity index (χ2v) is 10.4. The molecule has 2 aromatic rings. The fourth-order valence-electron chi connectivity index (χ4n) is 5.18. The molecule has 0 spiro atoms. The molecule has 3 amide bonds. The number of imide groups is 1. The van der Waals surface area contributed by atoms with E-state index in [9.17, 15) is 19.2 Å². The van der Waals surface area contributed by atoms with Gasteiger partial charge in [0, 0.05) is 6.42 Å². The Labute approximate surface area is 211 Å². The number of piperazine rings is 1. The highest BCUT2D eigenvalue weighted by atomic mass is 16.6. The van der Waals surface area contributed by atoms with E-state index in [0.717, 1.165) is 16.0 Å². The molecule has 36 heavy (non-hydrogen) atoms. The van der Waals surface area contributed by atoms with Crippen molar-refractivity contribution in [2.45, 2.75) is 57.7 Å². The maximum atomic E-state index is 14.1. The molecule has 2 fully saturated rings. The molecule has 2 aliphatic rings. The summed E-state index contributed by atoms with van der Waals surface area (Å²) in [4.78, 5) is 56.5. The zero-order chi connectivity index (χ0) is 26.1. The lowest BCUT2D eigenvalue weighted by molar-refractivity contribution is -0.162. The van der Waals surface area contributed by atoms with E-state index in [4.69, 9.17) is 9.47 Å². The Hall–Kier alpha value is -3.68. The molecular weight excluding hydrogens is 460 g/mol. The zero-order valence-electron chi connectivity index (χ0n) is 21.1. The first-order chi connectivity index (χ1) is 17.1. The zero-order valence-corrected chi connectivity index (χ0v) is 21.1. The van der Waals surface area contributed by atoms with Gasteiger partial charge in [-0.3, -0.25) is 14.4 Å². The minimum absolute atomic E-state index is 0.0433. The van der Waals surface area contributed by atoms with Crippen molar-refractivity contribution in [3.05, 3.63) is 71.8 Å². The average Bonchev–Trinajstić information content (AvgIpc) is 3.12. The first-order valence-electron chi connectivity index (χ1n) is 12.1.